The highest BCUT2D eigenvalue weighted by Crippen LogP contribution is 2.18. The predicted octanol–water partition coefficient (Wildman–Crippen LogP) is 3.76. The summed E-state index contributed by atoms with van der Waals surface area (Å²) in [6.07, 6.45) is 0.492. The Hall–Kier alpha value is -3.02. The molecule has 2 aromatic carbocycles. The topological polar surface area (TPSA) is 68.0 Å². The van der Waals surface area contributed by atoms with Gasteiger partial charge in [-0.15, -0.1) is 10.2 Å². The number of halogens is 1. The molecule has 1 N–H and O–H groups in total. The molecule has 122 valence electrons. The van der Waals surface area contributed by atoms with Gasteiger partial charge in [0, 0.05) is 24.1 Å². The molecule has 0 bridgehead atoms. The van der Waals surface area contributed by atoms with Gasteiger partial charge in [0.05, 0.1) is 0 Å². The van der Waals surface area contributed by atoms with Crippen LogP contribution >= 0.6 is 0 Å². The van der Waals surface area contributed by atoms with Gasteiger partial charge in [-0.3, -0.25) is 4.79 Å². The van der Waals surface area contributed by atoms with Crippen LogP contribution in [0.3, 0.4) is 0 Å². The van der Waals surface area contributed by atoms with E-state index in [1.165, 1.54) is 6.07 Å². The molecule has 0 saturated heterocycles. The van der Waals surface area contributed by atoms with Crippen molar-refractivity contribution >= 4 is 11.6 Å². The Bertz CT molecular complexity index is 846. The summed E-state index contributed by atoms with van der Waals surface area (Å²) < 4.78 is 19.0. The summed E-state index contributed by atoms with van der Waals surface area (Å²) >= 11 is 0. The van der Waals surface area contributed by atoms with E-state index in [-0.39, 0.29) is 18.1 Å². The molecule has 0 saturated carbocycles. The molecule has 6 heteroatoms. The van der Waals surface area contributed by atoms with Crippen molar-refractivity contribution in [3.8, 4) is 11.5 Å². The molecule has 1 aromatic heterocycles. The third kappa shape index (κ3) is 3.84. The standard InChI is InChI=1S/C18H16FN3O2/c1-12-7-8-14(11-15(12)19)20-16(23)9-10-17-21-22-18(24-17)13-5-3-2-4-6-13/h2-8,11H,9-10H2,1H3,(H,20,23). The van der Waals surface area contributed by atoms with Crippen LogP contribution in [0.4, 0.5) is 10.1 Å². The van der Waals surface area contributed by atoms with Crippen molar-refractivity contribution in [2.24, 2.45) is 0 Å². The quantitative estimate of drug-likeness (QED) is 0.775. The minimum Gasteiger partial charge on any atom is -0.421 e. The van der Waals surface area contributed by atoms with E-state index in [2.05, 4.69) is 15.5 Å². The van der Waals surface area contributed by atoms with Crippen LogP contribution in [0.1, 0.15) is 17.9 Å². The zero-order valence-corrected chi connectivity index (χ0v) is 13.1. The number of hydrogen-bond acceptors (Lipinski definition) is 4. The molecular weight excluding hydrogens is 309 g/mol. The van der Waals surface area contributed by atoms with Crippen molar-refractivity contribution in [1.29, 1.82) is 0 Å². The summed E-state index contributed by atoms with van der Waals surface area (Å²) in [6, 6.07) is 14.0. The van der Waals surface area contributed by atoms with Gasteiger partial charge in [0.15, 0.2) is 0 Å². The highest BCUT2D eigenvalue weighted by Gasteiger charge is 2.11. The molecule has 0 unspecified atom stereocenters. The molecule has 3 rings (SSSR count). The number of amides is 1. The molecule has 0 radical (unpaired) electrons. The maximum Gasteiger partial charge on any atom is 0.247 e. The van der Waals surface area contributed by atoms with Gasteiger partial charge in [0.2, 0.25) is 17.7 Å². The molecule has 0 atom stereocenters. The van der Waals surface area contributed by atoms with Crippen LogP contribution in [0, 0.1) is 12.7 Å². The van der Waals surface area contributed by atoms with Gasteiger partial charge in [-0.2, -0.15) is 0 Å². The van der Waals surface area contributed by atoms with E-state index in [1.807, 2.05) is 30.3 Å². The number of rotatable bonds is 5. The molecular formula is C18H16FN3O2. The van der Waals surface area contributed by atoms with Crippen LogP contribution in [0.5, 0.6) is 0 Å². The van der Waals surface area contributed by atoms with Gasteiger partial charge in [0.25, 0.3) is 0 Å². The summed E-state index contributed by atoms with van der Waals surface area (Å²) in [4.78, 5) is 11.9. The summed E-state index contributed by atoms with van der Waals surface area (Å²) in [5.74, 6) is 0.223. The Labute approximate surface area is 138 Å². The lowest BCUT2D eigenvalue weighted by molar-refractivity contribution is -0.116. The Kier molecular flexibility index (Phi) is 4.65. The molecule has 5 nitrogen and oxygen atoms in total. The van der Waals surface area contributed by atoms with Crippen LogP contribution in [-0.4, -0.2) is 16.1 Å². The molecule has 1 heterocycles. The third-order valence-electron chi connectivity index (χ3n) is 3.51. The Balaban J connectivity index is 1.56. The second kappa shape index (κ2) is 7.04. The van der Waals surface area contributed by atoms with Crippen molar-refractivity contribution in [2.45, 2.75) is 19.8 Å². The molecule has 0 spiro atoms. The van der Waals surface area contributed by atoms with Gasteiger partial charge in [0.1, 0.15) is 5.82 Å². The number of aromatic nitrogens is 2. The first-order valence-corrected chi connectivity index (χ1v) is 7.55. The number of hydrogen-bond donors (Lipinski definition) is 1. The smallest absolute Gasteiger partial charge is 0.247 e. The average Bonchev–Trinajstić information content (AvgIpc) is 3.06. The molecule has 0 aliphatic heterocycles. The zero-order chi connectivity index (χ0) is 16.9. The fourth-order valence-corrected chi connectivity index (χ4v) is 2.17. The van der Waals surface area contributed by atoms with Crippen LogP contribution in [-0.2, 0) is 11.2 Å². The summed E-state index contributed by atoms with van der Waals surface area (Å²) in [7, 11) is 0. The van der Waals surface area contributed by atoms with Gasteiger partial charge >= 0.3 is 0 Å². The summed E-state index contributed by atoms with van der Waals surface area (Å²) in [5.41, 5.74) is 1.79. The lowest BCUT2D eigenvalue weighted by Gasteiger charge is -2.05. The van der Waals surface area contributed by atoms with Crippen LogP contribution in [0.15, 0.2) is 52.9 Å². The van der Waals surface area contributed by atoms with Crippen LogP contribution in [0.2, 0.25) is 0 Å². The second-order valence-corrected chi connectivity index (χ2v) is 5.38. The van der Waals surface area contributed by atoms with Crippen LogP contribution < -0.4 is 5.32 Å². The minimum atomic E-state index is -0.350. The number of anilines is 1. The van der Waals surface area contributed by atoms with E-state index in [4.69, 9.17) is 4.42 Å². The van der Waals surface area contributed by atoms with Crippen LogP contribution in [0.25, 0.3) is 11.5 Å². The van der Waals surface area contributed by atoms with E-state index in [9.17, 15) is 9.18 Å². The van der Waals surface area contributed by atoms with Gasteiger partial charge < -0.3 is 9.73 Å². The molecule has 24 heavy (non-hydrogen) atoms. The highest BCUT2D eigenvalue weighted by atomic mass is 19.1. The zero-order valence-electron chi connectivity index (χ0n) is 13.1. The maximum atomic E-state index is 13.5. The second-order valence-electron chi connectivity index (χ2n) is 5.38. The highest BCUT2D eigenvalue weighted by molar-refractivity contribution is 5.90. The predicted molar refractivity (Wildman–Crippen MR) is 87.8 cm³/mol. The van der Waals surface area contributed by atoms with E-state index < -0.39 is 0 Å². The lowest BCUT2D eigenvalue weighted by atomic mass is 10.2. The molecule has 3 aromatic rings. The normalized spacial score (nSPS) is 10.6. The maximum absolute atomic E-state index is 13.5. The largest absolute Gasteiger partial charge is 0.421 e. The minimum absolute atomic E-state index is 0.173. The Morgan fingerprint density at radius 3 is 2.71 bits per heavy atom. The number of carbonyl (C=O) groups excluding carboxylic acids is 1. The molecule has 1 amide bonds. The van der Waals surface area contributed by atoms with Gasteiger partial charge in [-0.1, -0.05) is 24.3 Å². The number of carbonyl (C=O) groups is 1. The fourth-order valence-electron chi connectivity index (χ4n) is 2.17. The van der Waals surface area contributed by atoms with E-state index in [1.54, 1.807) is 19.1 Å². The summed E-state index contributed by atoms with van der Waals surface area (Å²) in [5, 5.41) is 10.6. The Morgan fingerprint density at radius 2 is 1.96 bits per heavy atom. The number of benzene rings is 2. The molecule has 0 aliphatic rings. The van der Waals surface area contributed by atoms with E-state index >= 15 is 0 Å². The van der Waals surface area contributed by atoms with Gasteiger partial charge in [-0.05, 0) is 36.8 Å². The molecule has 0 fully saturated rings. The molecule has 0 aliphatic carbocycles. The fraction of sp³-hybridized carbons (Fsp3) is 0.167. The third-order valence-corrected chi connectivity index (χ3v) is 3.51. The van der Waals surface area contributed by atoms with Crippen molar-refractivity contribution < 1.29 is 13.6 Å². The number of nitrogens with zero attached hydrogens (tertiary/aromatic N) is 2. The average molecular weight is 325 g/mol. The van der Waals surface area contributed by atoms with Gasteiger partial charge in [-0.25, -0.2) is 4.39 Å². The number of nitrogens with one attached hydrogen (secondary N) is 1. The van der Waals surface area contributed by atoms with Crippen molar-refractivity contribution in [3.63, 3.8) is 0 Å². The first-order valence-electron chi connectivity index (χ1n) is 7.55. The van der Waals surface area contributed by atoms with E-state index in [0.29, 0.717) is 29.5 Å². The Morgan fingerprint density at radius 1 is 1.17 bits per heavy atom. The van der Waals surface area contributed by atoms with Crippen molar-refractivity contribution in [2.75, 3.05) is 5.32 Å². The number of aryl methyl sites for hydroxylation is 2. The van der Waals surface area contributed by atoms with Crippen molar-refractivity contribution in [3.05, 3.63) is 65.8 Å². The summed E-state index contributed by atoms with van der Waals surface area (Å²) in [6.45, 7) is 1.67. The lowest BCUT2D eigenvalue weighted by Crippen LogP contribution is -2.12. The first-order chi connectivity index (χ1) is 11.6. The van der Waals surface area contributed by atoms with E-state index in [0.717, 1.165) is 5.56 Å². The monoisotopic (exact) mass is 325 g/mol. The van der Waals surface area contributed by atoms with Crippen molar-refractivity contribution in [1.82, 2.24) is 10.2 Å². The SMILES string of the molecule is Cc1ccc(NC(=O)CCc2nnc(-c3ccccc3)o2)cc1F. The first kappa shape index (κ1) is 15.9.